The van der Waals surface area contributed by atoms with Crippen LogP contribution >= 0.6 is 12.2 Å². The van der Waals surface area contributed by atoms with Crippen molar-refractivity contribution in [2.75, 3.05) is 36.4 Å². The molecule has 0 unspecified atom stereocenters. The fourth-order valence-electron chi connectivity index (χ4n) is 2.65. The van der Waals surface area contributed by atoms with Crippen molar-refractivity contribution in [2.45, 2.75) is 6.92 Å². The summed E-state index contributed by atoms with van der Waals surface area (Å²) in [5.74, 6) is 0. The first-order valence-electron chi connectivity index (χ1n) is 7.65. The molecule has 0 saturated carbocycles. The van der Waals surface area contributed by atoms with Gasteiger partial charge in [0.05, 0.1) is 0 Å². The molecule has 1 N–H and O–H groups in total. The zero-order valence-corrected chi connectivity index (χ0v) is 13.6. The lowest BCUT2D eigenvalue weighted by molar-refractivity contribution is 0.391. The molecule has 1 saturated heterocycles. The van der Waals surface area contributed by atoms with E-state index in [1.54, 1.807) is 0 Å². The van der Waals surface area contributed by atoms with Gasteiger partial charge in [-0.15, -0.1) is 0 Å². The quantitative estimate of drug-likeness (QED) is 0.855. The van der Waals surface area contributed by atoms with Gasteiger partial charge in [0.15, 0.2) is 5.11 Å². The molecule has 22 heavy (non-hydrogen) atoms. The molecule has 114 valence electrons. The van der Waals surface area contributed by atoms with E-state index >= 15 is 0 Å². The normalized spacial score (nSPS) is 14.8. The molecule has 3 rings (SSSR count). The van der Waals surface area contributed by atoms with Gasteiger partial charge in [0.1, 0.15) is 0 Å². The van der Waals surface area contributed by atoms with Crippen LogP contribution in [0.1, 0.15) is 5.56 Å². The summed E-state index contributed by atoms with van der Waals surface area (Å²) in [6, 6.07) is 18.9. The van der Waals surface area contributed by atoms with E-state index in [-0.39, 0.29) is 0 Å². The number of anilines is 2. The number of hydrogen-bond acceptors (Lipinski definition) is 2. The Bertz CT molecular complexity index is 617. The van der Waals surface area contributed by atoms with Crippen molar-refractivity contribution in [3.63, 3.8) is 0 Å². The van der Waals surface area contributed by atoms with Crippen LogP contribution < -0.4 is 10.2 Å². The standard InChI is InChI=1S/C18H21N3S/c1-15-7-9-16(10-8-15)19-18(22)21-13-11-20(12-14-21)17-5-3-2-4-6-17/h2-10H,11-14H2,1H3,(H,19,22). The monoisotopic (exact) mass is 311 g/mol. The molecular formula is C18H21N3S. The summed E-state index contributed by atoms with van der Waals surface area (Å²) < 4.78 is 0. The number of aryl methyl sites for hydroxylation is 1. The highest BCUT2D eigenvalue weighted by molar-refractivity contribution is 7.80. The van der Waals surface area contributed by atoms with Crippen molar-refractivity contribution >= 4 is 28.7 Å². The van der Waals surface area contributed by atoms with E-state index < -0.39 is 0 Å². The summed E-state index contributed by atoms with van der Waals surface area (Å²) in [4.78, 5) is 4.65. The molecule has 1 fully saturated rings. The van der Waals surface area contributed by atoms with Crippen LogP contribution in [0, 0.1) is 6.92 Å². The maximum absolute atomic E-state index is 5.54. The highest BCUT2D eigenvalue weighted by Crippen LogP contribution is 2.16. The number of thiocarbonyl (C=S) groups is 1. The summed E-state index contributed by atoms with van der Waals surface area (Å²) in [6.07, 6.45) is 0. The number of nitrogens with zero attached hydrogens (tertiary/aromatic N) is 2. The van der Waals surface area contributed by atoms with Gasteiger partial charge in [0, 0.05) is 37.6 Å². The molecule has 3 nitrogen and oxygen atoms in total. The third-order valence-electron chi connectivity index (χ3n) is 3.99. The Kier molecular flexibility index (Phi) is 4.59. The average molecular weight is 311 g/mol. The van der Waals surface area contributed by atoms with Crippen molar-refractivity contribution in [3.8, 4) is 0 Å². The van der Waals surface area contributed by atoms with Gasteiger partial charge >= 0.3 is 0 Å². The first-order chi connectivity index (χ1) is 10.7. The molecule has 0 spiro atoms. The lowest BCUT2D eigenvalue weighted by Gasteiger charge is -2.37. The topological polar surface area (TPSA) is 18.5 Å². The Morgan fingerprint density at radius 1 is 0.909 bits per heavy atom. The first-order valence-corrected chi connectivity index (χ1v) is 8.06. The predicted octanol–water partition coefficient (Wildman–Crippen LogP) is 3.51. The Labute approximate surface area is 137 Å². The van der Waals surface area contributed by atoms with E-state index in [0.717, 1.165) is 37.0 Å². The molecule has 0 aliphatic carbocycles. The second kappa shape index (κ2) is 6.79. The fourth-order valence-corrected chi connectivity index (χ4v) is 2.95. The van der Waals surface area contributed by atoms with Crippen molar-refractivity contribution < 1.29 is 0 Å². The number of piperazine rings is 1. The minimum absolute atomic E-state index is 0.816. The van der Waals surface area contributed by atoms with Gasteiger partial charge in [-0.25, -0.2) is 0 Å². The molecule has 1 aliphatic heterocycles. The van der Waals surface area contributed by atoms with E-state index in [1.165, 1.54) is 11.3 Å². The predicted molar refractivity (Wildman–Crippen MR) is 97.6 cm³/mol. The maximum atomic E-state index is 5.54. The van der Waals surface area contributed by atoms with Crippen LogP contribution in [0.5, 0.6) is 0 Å². The Balaban J connectivity index is 1.54. The maximum Gasteiger partial charge on any atom is 0.173 e. The van der Waals surface area contributed by atoms with Crippen LogP contribution in [-0.4, -0.2) is 36.2 Å². The van der Waals surface area contributed by atoms with Crippen LogP contribution in [0.3, 0.4) is 0 Å². The van der Waals surface area contributed by atoms with E-state index in [4.69, 9.17) is 12.2 Å². The second-order valence-corrected chi connectivity index (χ2v) is 5.99. The van der Waals surface area contributed by atoms with Gasteiger partial charge in [-0.2, -0.15) is 0 Å². The third-order valence-corrected chi connectivity index (χ3v) is 4.35. The summed E-state index contributed by atoms with van der Waals surface area (Å²) in [6.45, 7) is 5.99. The van der Waals surface area contributed by atoms with Gasteiger partial charge < -0.3 is 15.1 Å². The van der Waals surface area contributed by atoms with E-state index in [1.807, 2.05) is 0 Å². The average Bonchev–Trinajstić information content (AvgIpc) is 2.58. The molecule has 2 aromatic rings. The van der Waals surface area contributed by atoms with E-state index in [9.17, 15) is 0 Å². The van der Waals surface area contributed by atoms with Crippen molar-refractivity contribution in [1.29, 1.82) is 0 Å². The molecule has 0 amide bonds. The van der Waals surface area contributed by atoms with Gasteiger partial charge in [-0.05, 0) is 43.4 Å². The molecule has 0 aromatic heterocycles. The Morgan fingerprint density at radius 2 is 1.55 bits per heavy atom. The molecule has 0 atom stereocenters. The summed E-state index contributed by atoms with van der Waals surface area (Å²) in [5.41, 5.74) is 3.61. The van der Waals surface area contributed by atoms with Gasteiger partial charge in [0.2, 0.25) is 0 Å². The third kappa shape index (κ3) is 3.57. The summed E-state index contributed by atoms with van der Waals surface area (Å²) in [5, 5.41) is 4.15. The highest BCUT2D eigenvalue weighted by atomic mass is 32.1. The molecule has 4 heteroatoms. The Morgan fingerprint density at radius 3 is 2.18 bits per heavy atom. The minimum atomic E-state index is 0.816. The molecule has 0 bridgehead atoms. The SMILES string of the molecule is Cc1ccc(NC(=S)N2CCN(c3ccccc3)CC2)cc1. The van der Waals surface area contributed by atoms with Crippen LogP contribution in [0.4, 0.5) is 11.4 Å². The van der Waals surface area contributed by atoms with Crippen LogP contribution in [-0.2, 0) is 0 Å². The number of hydrogen-bond donors (Lipinski definition) is 1. The van der Waals surface area contributed by atoms with Crippen molar-refractivity contribution in [1.82, 2.24) is 4.90 Å². The first kappa shape index (κ1) is 14.9. The minimum Gasteiger partial charge on any atom is -0.368 e. The second-order valence-electron chi connectivity index (χ2n) is 5.61. The molecule has 1 aliphatic rings. The molecule has 1 heterocycles. The number of rotatable bonds is 2. The number of benzene rings is 2. The molecular weight excluding hydrogens is 290 g/mol. The van der Waals surface area contributed by atoms with E-state index in [2.05, 4.69) is 76.6 Å². The molecule has 2 aromatic carbocycles. The number of nitrogens with one attached hydrogen (secondary N) is 1. The largest absolute Gasteiger partial charge is 0.368 e. The van der Waals surface area contributed by atoms with Crippen LogP contribution in [0.25, 0.3) is 0 Å². The van der Waals surface area contributed by atoms with Crippen LogP contribution in [0.15, 0.2) is 54.6 Å². The summed E-state index contributed by atoms with van der Waals surface area (Å²) >= 11 is 5.54. The van der Waals surface area contributed by atoms with Gasteiger partial charge in [0.25, 0.3) is 0 Å². The number of para-hydroxylation sites is 1. The highest BCUT2D eigenvalue weighted by Gasteiger charge is 2.18. The van der Waals surface area contributed by atoms with Crippen molar-refractivity contribution in [2.24, 2.45) is 0 Å². The lowest BCUT2D eigenvalue weighted by atomic mass is 10.2. The smallest absolute Gasteiger partial charge is 0.173 e. The zero-order valence-electron chi connectivity index (χ0n) is 12.8. The zero-order chi connectivity index (χ0) is 15.4. The van der Waals surface area contributed by atoms with Gasteiger partial charge in [-0.1, -0.05) is 35.9 Å². The lowest BCUT2D eigenvalue weighted by Crippen LogP contribution is -2.50. The van der Waals surface area contributed by atoms with Gasteiger partial charge in [-0.3, -0.25) is 0 Å². The van der Waals surface area contributed by atoms with Crippen molar-refractivity contribution in [3.05, 3.63) is 60.2 Å². The van der Waals surface area contributed by atoms with E-state index in [0.29, 0.717) is 0 Å². The molecule has 0 radical (unpaired) electrons. The van der Waals surface area contributed by atoms with Crippen LogP contribution in [0.2, 0.25) is 0 Å². The summed E-state index contributed by atoms with van der Waals surface area (Å²) in [7, 11) is 0. The Hall–Kier alpha value is -2.07. The fraction of sp³-hybridized carbons (Fsp3) is 0.278.